The van der Waals surface area contributed by atoms with Gasteiger partial charge in [-0.1, -0.05) is 13.8 Å². The summed E-state index contributed by atoms with van der Waals surface area (Å²) in [5.74, 6) is 1.46. The van der Waals surface area contributed by atoms with Crippen LogP contribution in [0.25, 0.3) is 0 Å². The van der Waals surface area contributed by atoms with E-state index in [1.165, 1.54) is 6.33 Å². The first kappa shape index (κ1) is 11.8. The van der Waals surface area contributed by atoms with Gasteiger partial charge in [-0.25, -0.2) is 9.97 Å². The number of aromatic nitrogens is 2. The summed E-state index contributed by atoms with van der Waals surface area (Å²) in [5, 5.41) is 3.35. The number of hydrogen-bond donors (Lipinski definition) is 1. The van der Waals surface area contributed by atoms with Gasteiger partial charge >= 0.3 is 0 Å². The van der Waals surface area contributed by atoms with Crippen LogP contribution in [-0.2, 0) is 0 Å². The molecule has 4 heteroatoms. The molecule has 1 rings (SSSR count). The van der Waals surface area contributed by atoms with Gasteiger partial charge in [0.15, 0.2) is 0 Å². The van der Waals surface area contributed by atoms with Crippen molar-refractivity contribution in [1.29, 1.82) is 0 Å². The predicted octanol–water partition coefficient (Wildman–Crippen LogP) is 2.48. The second kappa shape index (κ2) is 6.22. The summed E-state index contributed by atoms with van der Waals surface area (Å²) in [7, 11) is 0. The molecule has 0 saturated carbocycles. The molecule has 84 valence electrons. The normalized spacial score (nSPS) is 10.4. The molecule has 15 heavy (non-hydrogen) atoms. The lowest BCUT2D eigenvalue weighted by atomic mass is 10.2. The summed E-state index contributed by atoms with van der Waals surface area (Å²) < 4.78 is 5.30. The molecule has 0 amide bonds. The first-order valence-electron chi connectivity index (χ1n) is 5.51. The fourth-order valence-electron chi connectivity index (χ4n) is 1.35. The van der Waals surface area contributed by atoms with Crippen molar-refractivity contribution in [3.8, 4) is 5.88 Å². The first-order chi connectivity index (χ1) is 7.30. The van der Waals surface area contributed by atoms with E-state index in [1.54, 1.807) is 0 Å². The highest BCUT2D eigenvalue weighted by Gasteiger charge is 2.04. The van der Waals surface area contributed by atoms with Crippen LogP contribution in [0.4, 0.5) is 5.82 Å². The minimum atomic E-state index is 0.467. The van der Waals surface area contributed by atoms with Crippen LogP contribution in [0, 0.1) is 0 Å². The minimum absolute atomic E-state index is 0.467. The van der Waals surface area contributed by atoms with Crippen LogP contribution >= 0.6 is 0 Å². The first-order valence-corrected chi connectivity index (χ1v) is 5.51. The SMILES string of the molecule is CCOc1cc(NC(CC)CC)ncn1. The Kier molecular flexibility index (Phi) is 4.87. The lowest BCUT2D eigenvalue weighted by molar-refractivity contribution is 0.326. The molecule has 0 spiro atoms. The molecule has 1 N–H and O–H groups in total. The smallest absolute Gasteiger partial charge is 0.218 e. The lowest BCUT2D eigenvalue weighted by Gasteiger charge is -2.15. The summed E-state index contributed by atoms with van der Waals surface area (Å²) >= 11 is 0. The average molecular weight is 209 g/mol. The van der Waals surface area contributed by atoms with Crippen LogP contribution in [0.15, 0.2) is 12.4 Å². The number of hydrogen-bond acceptors (Lipinski definition) is 4. The molecule has 0 bridgehead atoms. The Morgan fingerprint density at radius 1 is 1.27 bits per heavy atom. The molecule has 1 aromatic rings. The average Bonchev–Trinajstić information content (AvgIpc) is 2.27. The maximum Gasteiger partial charge on any atom is 0.218 e. The molecule has 0 saturated heterocycles. The van der Waals surface area contributed by atoms with E-state index in [1.807, 2.05) is 13.0 Å². The third-order valence-corrected chi connectivity index (χ3v) is 2.27. The molecule has 0 fully saturated rings. The van der Waals surface area contributed by atoms with Gasteiger partial charge in [-0.3, -0.25) is 0 Å². The molecule has 0 aromatic carbocycles. The van der Waals surface area contributed by atoms with Crippen LogP contribution in [0.2, 0.25) is 0 Å². The second-order valence-electron chi connectivity index (χ2n) is 3.33. The van der Waals surface area contributed by atoms with E-state index < -0.39 is 0 Å². The van der Waals surface area contributed by atoms with Gasteiger partial charge in [-0.05, 0) is 19.8 Å². The van der Waals surface area contributed by atoms with E-state index in [2.05, 4.69) is 29.1 Å². The summed E-state index contributed by atoms with van der Waals surface area (Å²) in [6.45, 7) is 6.88. The largest absolute Gasteiger partial charge is 0.478 e. The molecule has 1 heterocycles. The monoisotopic (exact) mass is 209 g/mol. The van der Waals surface area contributed by atoms with E-state index >= 15 is 0 Å². The fourth-order valence-corrected chi connectivity index (χ4v) is 1.35. The molecular formula is C11H19N3O. The maximum absolute atomic E-state index is 5.30. The number of rotatable bonds is 6. The van der Waals surface area contributed by atoms with E-state index in [9.17, 15) is 0 Å². The molecule has 0 radical (unpaired) electrons. The predicted molar refractivity (Wildman–Crippen MR) is 61.2 cm³/mol. The van der Waals surface area contributed by atoms with E-state index in [4.69, 9.17) is 4.74 Å². The Balaban J connectivity index is 2.64. The van der Waals surface area contributed by atoms with Gasteiger partial charge in [-0.2, -0.15) is 0 Å². The quantitative estimate of drug-likeness (QED) is 0.781. The Hall–Kier alpha value is -1.32. The summed E-state index contributed by atoms with van der Waals surface area (Å²) in [5.41, 5.74) is 0. The van der Waals surface area contributed by atoms with E-state index in [0.717, 1.165) is 18.7 Å². The number of anilines is 1. The Morgan fingerprint density at radius 3 is 2.60 bits per heavy atom. The fraction of sp³-hybridized carbons (Fsp3) is 0.636. The standard InChI is InChI=1S/C11H19N3O/c1-4-9(5-2)14-10-7-11(15-6-3)13-8-12-10/h7-9H,4-6H2,1-3H3,(H,12,13,14). The summed E-state index contributed by atoms with van der Waals surface area (Å²) in [6, 6.07) is 2.30. The zero-order chi connectivity index (χ0) is 11.1. The third-order valence-electron chi connectivity index (χ3n) is 2.27. The summed E-state index contributed by atoms with van der Waals surface area (Å²) in [6.07, 6.45) is 3.70. The van der Waals surface area contributed by atoms with Crippen LogP contribution < -0.4 is 10.1 Å². The molecule has 0 aliphatic rings. The molecule has 0 atom stereocenters. The zero-order valence-electron chi connectivity index (χ0n) is 9.66. The molecule has 0 aliphatic carbocycles. The van der Waals surface area contributed by atoms with Gasteiger partial charge in [0.25, 0.3) is 0 Å². The van der Waals surface area contributed by atoms with Crippen molar-refractivity contribution in [1.82, 2.24) is 9.97 Å². The number of ether oxygens (including phenoxy) is 1. The summed E-state index contributed by atoms with van der Waals surface area (Å²) in [4.78, 5) is 8.17. The van der Waals surface area contributed by atoms with Crippen molar-refractivity contribution in [3.05, 3.63) is 12.4 Å². The van der Waals surface area contributed by atoms with Crippen molar-refractivity contribution in [2.24, 2.45) is 0 Å². The lowest BCUT2D eigenvalue weighted by Crippen LogP contribution is -2.17. The highest BCUT2D eigenvalue weighted by Crippen LogP contribution is 2.13. The molecule has 4 nitrogen and oxygen atoms in total. The van der Waals surface area contributed by atoms with Gasteiger partial charge < -0.3 is 10.1 Å². The van der Waals surface area contributed by atoms with Crippen molar-refractivity contribution < 1.29 is 4.74 Å². The van der Waals surface area contributed by atoms with Gasteiger partial charge in [0.05, 0.1) is 6.61 Å². The van der Waals surface area contributed by atoms with Crippen LogP contribution in [-0.4, -0.2) is 22.6 Å². The Morgan fingerprint density at radius 2 is 2.00 bits per heavy atom. The number of nitrogens with one attached hydrogen (secondary N) is 1. The maximum atomic E-state index is 5.30. The van der Waals surface area contributed by atoms with Gasteiger partial charge in [0, 0.05) is 12.1 Å². The van der Waals surface area contributed by atoms with Crippen molar-refractivity contribution >= 4 is 5.82 Å². The molecule has 1 aromatic heterocycles. The minimum Gasteiger partial charge on any atom is -0.478 e. The highest BCUT2D eigenvalue weighted by molar-refractivity contribution is 5.37. The Labute approximate surface area is 91.1 Å². The second-order valence-corrected chi connectivity index (χ2v) is 3.33. The third kappa shape index (κ3) is 3.73. The van der Waals surface area contributed by atoms with Crippen molar-refractivity contribution in [2.45, 2.75) is 39.7 Å². The van der Waals surface area contributed by atoms with Crippen molar-refractivity contribution in [3.63, 3.8) is 0 Å². The topological polar surface area (TPSA) is 47.0 Å². The van der Waals surface area contributed by atoms with Crippen LogP contribution in [0.1, 0.15) is 33.6 Å². The van der Waals surface area contributed by atoms with Crippen molar-refractivity contribution in [2.75, 3.05) is 11.9 Å². The molecule has 0 aliphatic heterocycles. The molecular weight excluding hydrogens is 190 g/mol. The van der Waals surface area contributed by atoms with E-state index in [0.29, 0.717) is 18.5 Å². The van der Waals surface area contributed by atoms with Crippen LogP contribution in [0.5, 0.6) is 5.88 Å². The Bertz CT molecular complexity index is 287. The molecule has 0 unspecified atom stereocenters. The van der Waals surface area contributed by atoms with Crippen LogP contribution in [0.3, 0.4) is 0 Å². The van der Waals surface area contributed by atoms with Gasteiger partial charge in [0.1, 0.15) is 12.1 Å². The number of nitrogens with zero attached hydrogens (tertiary/aromatic N) is 2. The highest BCUT2D eigenvalue weighted by atomic mass is 16.5. The van der Waals surface area contributed by atoms with E-state index in [-0.39, 0.29) is 0 Å². The van der Waals surface area contributed by atoms with Gasteiger partial charge in [-0.15, -0.1) is 0 Å². The van der Waals surface area contributed by atoms with Gasteiger partial charge in [0.2, 0.25) is 5.88 Å². The zero-order valence-corrected chi connectivity index (χ0v) is 9.66.